The van der Waals surface area contributed by atoms with Crippen molar-refractivity contribution < 1.29 is 17.6 Å². The molecule has 0 spiro atoms. The maximum Gasteiger partial charge on any atom is 0.449 e. The summed E-state index contributed by atoms with van der Waals surface area (Å²) >= 11 is 0. The zero-order chi connectivity index (χ0) is 21.4. The number of alkyl halides is 3. The van der Waals surface area contributed by atoms with Crippen LogP contribution in [0.1, 0.15) is 28.2 Å². The van der Waals surface area contributed by atoms with E-state index < -0.39 is 17.5 Å². The lowest BCUT2D eigenvalue weighted by Gasteiger charge is -2.50. The molecule has 2 heterocycles. The van der Waals surface area contributed by atoms with Crippen molar-refractivity contribution in [3.05, 3.63) is 94.9 Å². The number of nitrogens with zero attached hydrogens (tertiary/aromatic N) is 2. The Kier molecular flexibility index (Phi) is 5.47. The van der Waals surface area contributed by atoms with Gasteiger partial charge in [0.1, 0.15) is 5.76 Å². The molecule has 6 heteroatoms. The van der Waals surface area contributed by atoms with E-state index in [1.54, 1.807) is 6.92 Å². The van der Waals surface area contributed by atoms with Crippen molar-refractivity contribution in [2.45, 2.75) is 25.2 Å². The van der Waals surface area contributed by atoms with Crippen LogP contribution in [0.15, 0.2) is 71.1 Å². The van der Waals surface area contributed by atoms with Crippen LogP contribution >= 0.6 is 0 Å². The SMILES string of the molecule is Cc1cc(C(F)(F)F)oc1CN1CCN(C)C(c2ccccc2)(c2ccccc2)C1. The molecule has 1 aliphatic heterocycles. The summed E-state index contributed by atoms with van der Waals surface area (Å²) in [7, 11) is 2.11. The van der Waals surface area contributed by atoms with Crippen molar-refractivity contribution in [2.75, 3.05) is 26.7 Å². The van der Waals surface area contributed by atoms with Gasteiger partial charge in [0.2, 0.25) is 5.76 Å². The van der Waals surface area contributed by atoms with Crippen molar-refractivity contribution in [1.82, 2.24) is 9.80 Å². The Morgan fingerprint density at radius 2 is 1.50 bits per heavy atom. The highest BCUT2D eigenvalue weighted by atomic mass is 19.4. The highest BCUT2D eigenvalue weighted by molar-refractivity contribution is 5.40. The molecule has 3 nitrogen and oxygen atoms in total. The fourth-order valence-corrected chi connectivity index (χ4v) is 4.38. The van der Waals surface area contributed by atoms with Gasteiger partial charge in [-0.3, -0.25) is 9.80 Å². The maximum absolute atomic E-state index is 13.1. The van der Waals surface area contributed by atoms with Crippen molar-refractivity contribution in [3.63, 3.8) is 0 Å². The molecule has 30 heavy (non-hydrogen) atoms. The molecule has 0 N–H and O–H groups in total. The van der Waals surface area contributed by atoms with E-state index in [0.29, 0.717) is 24.4 Å². The van der Waals surface area contributed by atoms with Crippen molar-refractivity contribution in [1.29, 1.82) is 0 Å². The number of halogens is 3. The summed E-state index contributed by atoms with van der Waals surface area (Å²) in [5.41, 5.74) is 2.46. The van der Waals surface area contributed by atoms with Gasteiger partial charge in [0.05, 0.1) is 12.1 Å². The quantitative estimate of drug-likeness (QED) is 0.578. The van der Waals surface area contributed by atoms with Gasteiger partial charge in [-0.15, -0.1) is 0 Å². The number of rotatable bonds is 4. The number of furan rings is 1. The highest BCUT2D eigenvalue weighted by Crippen LogP contribution is 2.39. The third-order valence-electron chi connectivity index (χ3n) is 6.03. The van der Waals surface area contributed by atoms with Gasteiger partial charge in [-0.25, -0.2) is 0 Å². The van der Waals surface area contributed by atoms with Gasteiger partial charge in [-0.1, -0.05) is 60.7 Å². The van der Waals surface area contributed by atoms with Crippen LogP contribution in [0.4, 0.5) is 13.2 Å². The standard InChI is InChI=1S/C24H25F3N2O/c1-18-15-22(24(25,26)27)30-21(18)16-29-14-13-28(2)23(17-29,19-9-5-3-6-10-19)20-11-7-4-8-12-20/h3-12,15H,13-14,16-17H2,1-2H3. The number of benzene rings is 2. The highest BCUT2D eigenvalue weighted by Gasteiger charge is 2.43. The van der Waals surface area contributed by atoms with Crippen LogP contribution in [0.2, 0.25) is 0 Å². The van der Waals surface area contributed by atoms with Crippen molar-refractivity contribution in [3.8, 4) is 0 Å². The Hall–Kier alpha value is -2.57. The summed E-state index contributed by atoms with van der Waals surface area (Å²) < 4.78 is 44.4. The first-order chi connectivity index (χ1) is 14.3. The van der Waals surface area contributed by atoms with Gasteiger partial charge < -0.3 is 4.42 Å². The molecule has 158 valence electrons. The molecule has 1 saturated heterocycles. The third-order valence-corrected chi connectivity index (χ3v) is 6.03. The fourth-order valence-electron chi connectivity index (χ4n) is 4.38. The number of hydrogen-bond donors (Lipinski definition) is 0. The average Bonchev–Trinajstić information content (AvgIpc) is 3.11. The van der Waals surface area contributed by atoms with Crippen molar-refractivity contribution in [2.24, 2.45) is 0 Å². The lowest BCUT2D eigenvalue weighted by molar-refractivity contribution is -0.153. The van der Waals surface area contributed by atoms with Crippen LogP contribution in [-0.4, -0.2) is 36.5 Å². The molecular formula is C24H25F3N2O. The molecule has 1 aliphatic rings. The molecule has 1 aromatic heterocycles. The second kappa shape index (κ2) is 7.93. The normalized spacial score (nSPS) is 17.9. The van der Waals surface area contributed by atoms with E-state index >= 15 is 0 Å². The second-order valence-corrected chi connectivity index (χ2v) is 7.94. The molecule has 0 unspecified atom stereocenters. The van der Waals surface area contributed by atoms with E-state index in [9.17, 15) is 13.2 Å². The first kappa shape index (κ1) is 20.7. The summed E-state index contributed by atoms with van der Waals surface area (Å²) in [4.78, 5) is 4.52. The lowest BCUT2D eigenvalue weighted by atomic mass is 9.79. The number of piperazine rings is 1. The predicted octanol–water partition coefficient (Wildman–Crippen LogP) is 5.30. The Morgan fingerprint density at radius 1 is 0.933 bits per heavy atom. The first-order valence-electron chi connectivity index (χ1n) is 10.0. The number of hydrogen-bond acceptors (Lipinski definition) is 3. The molecule has 3 aromatic rings. The van der Waals surface area contributed by atoms with E-state index in [0.717, 1.165) is 30.3 Å². The Balaban J connectivity index is 1.70. The predicted molar refractivity (Wildman–Crippen MR) is 110 cm³/mol. The second-order valence-electron chi connectivity index (χ2n) is 7.94. The van der Waals surface area contributed by atoms with Gasteiger partial charge >= 0.3 is 6.18 Å². The van der Waals surface area contributed by atoms with E-state index in [4.69, 9.17) is 4.42 Å². The molecular weight excluding hydrogens is 389 g/mol. The molecule has 1 fully saturated rings. The van der Waals surface area contributed by atoms with Gasteiger partial charge in [0.15, 0.2) is 0 Å². The number of likely N-dealkylation sites (N-methyl/N-ethyl adjacent to an activating group) is 1. The van der Waals surface area contributed by atoms with Crippen LogP contribution in [0, 0.1) is 6.92 Å². The maximum atomic E-state index is 13.1. The fraction of sp³-hybridized carbons (Fsp3) is 0.333. The van der Waals surface area contributed by atoms with Crippen LogP contribution in [0.5, 0.6) is 0 Å². The van der Waals surface area contributed by atoms with Crippen molar-refractivity contribution >= 4 is 0 Å². The largest absolute Gasteiger partial charge is 0.455 e. The molecule has 0 aliphatic carbocycles. The monoisotopic (exact) mass is 414 g/mol. The summed E-state index contributed by atoms with van der Waals surface area (Å²) in [6.45, 7) is 4.21. The van der Waals surface area contributed by atoms with E-state index in [2.05, 4.69) is 41.1 Å². The Labute approximate surface area is 174 Å². The van der Waals surface area contributed by atoms with E-state index in [1.807, 2.05) is 36.4 Å². The van der Waals surface area contributed by atoms with Gasteiger partial charge in [0, 0.05) is 19.6 Å². The minimum absolute atomic E-state index is 0.344. The molecule has 0 bridgehead atoms. The minimum Gasteiger partial charge on any atom is -0.455 e. The summed E-state index contributed by atoms with van der Waals surface area (Å²) in [5.74, 6) is -0.552. The van der Waals surface area contributed by atoms with Gasteiger partial charge in [-0.05, 0) is 36.7 Å². The Morgan fingerprint density at radius 3 is 2.00 bits per heavy atom. The Bertz CT molecular complexity index is 943. The van der Waals surface area contributed by atoms with Crippen LogP contribution in [0.25, 0.3) is 0 Å². The van der Waals surface area contributed by atoms with Crippen LogP contribution < -0.4 is 0 Å². The smallest absolute Gasteiger partial charge is 0.449 e. The lowest BCUT2D eigenvalue weighted by Crippen LogP contribution is -2.59. The molecule has 4 rings (SSSR count). The first-order valence-corrected chi connectivity index (χ1v) is 10.0. The molecule has 0 saturated carbocycles. The summed E-state index contributed by atoms with van der Waals surface area (Å²) in [6.07, 6.45) is -4.47. The average molecular weight is 414 g/mol. The van der Waals surface area contributed by atoms with E-state index in [1.165, 1.54) is 0 Å². The molecule has 0 radical (unpaired) electrons. The zero-order valence-corrected chi connectivity index (χ0v) is 17.1. The third kappa shape index (κ3) is 3.77. The van der Waals surface area contributed by atoms with Gasteiger partial charge in [-0.2, -0.15) is 13.2 Å². The number of aryl methyl sites for hydroxylation is 1. The molecule has 0 amide bonds. The summed E-state index contributed by atoms with van der Waals surface area (Å²) in [6, 6.07) is 21.7. The minimum atomic E-state index is -4.47. The van der Waals surface area contributed by atoms with E-state index in [-0.39, 0.29) is 0 Å². The molecule has 2 aromatic carbocycles. The topological polar surface area (TPSA) is 19.6 Å². The van der Waals surface area contributed by atoms with Gasteiger partial charge in [0.25, 0.3) is 0 Å². The zero-order valence-electron chi connectivity index (χ0n) is 17.1. The van der Waals surface area contributed by atoms with Crippen LogP contribution in [0.3, 0.4) is 0 Å². The summed E-state index contributed by atoms with van der Waals surface area (Å²) in [5, 5.41) is 0. The molecule has 0 atom stereocenters. The van der Waals surface area contributed by atoms with Crippen LogP contribution in [-0.2, 0) is 18.3 Å².